The van der Waals surface area contributed by atoms with Crippen LogP contribution in [0.15, 0.2) is 53.4 Å². The molecule has 3 rings (SSSR count). The van der Waals surface area contributed by atoms with Gasteiger partial charge in [0, 0.05) is 12.1 Å². The smallest absolute Gasteiger partial charge is 0.262 e. The van der Waals surface area contributed by atoms with E-state index in [-0.39, 0.29) is 4.90 Å². The maximum atomic E-state index is 12.9. The van der Waals surface area contributed by atoms with E-state index in [4.69, 9.17) is 9.47 Å². The number of nitrogens with one attached hydrogen (secondary N) is 1. The summed E-state index contributed by atoms with van der Waals surface area (Å²) >= 11 is 0. The molecule has 0 aliphatic carbocycles. The van der Waals surface area contributed by atoms with E-state index in [0.29, 0.717) is 28.6 Å². The molecular weight excluding hydrogens is 378 g/mol. The molecule has 0 radical (unpaired) electrons. The molecule has 0 amide bonds. The van der Waals surface area contributed by atoms with Gasteiger partial charge in [-0.05, 0) is 62.2 Å². The van der Waals surface area contributed by atoms with Crippen LogP contribution in [-0.4, -0.2) is 25.7 Å². The molecule has 0 bridgehead atoms. The summed E-state index contributed by atoms with van der Waals surface area (Å²) in [6.45, 7) is 5.40. The normalized spacial score (nSPS) is 11.1. The van der Waals surface area contributed by atoms with Gasteiger partial charge in [-0.2, -0.15) is 5.10 Å². The highest BCUT2D eigenvalue weighted by Gasteiger charge is 2.20. The lowest BCUT2D eigenvalue weighted by Gasteiger charge is -2.14. The Hall–Kier alpha value is -3.13. The van der Waals surface area contributed by atoms with Gasteiger partial charge in [-0.25, -0.2) is 8.42 Å². The van der Waals surface area contributed by atoms with Crippen molar-refractivity contribution in [2.24, 2.45) is 0 Å². The van der Waals surface area contributed by atoms with Gasteiger partial charge in [0.05, 0.1) is 23.4 Å². The Kier molecular flexibility index (Phi) is 5.51. The fourth-order valence-corrected chi connectivity index (χ4v) is 4.03. The molecule has 0 spiro atoms. The van der Waals surface area contributed by atoms with Crippen molar-refractivity contribution >= 4 is 15.7 Å². The molecule has 0 aliphatic rings. The molecule has 1 N–H and O–H groups in total. The van der Waals surface area contributed by atoms with Gasteiger partial charge in [0.25, 0.3) is 10.0 Å². The van der Waals surface area contributed by atoms with E-state index in [9.17, 15) is 8.42 Å². The summed E-state index contributed by atoms with van der Waals surface area (Å²) in [7, 11) is -2.22. The number of anilines is 1. The molecule has 7 nitrogen and oxygen atoms in total. The van der Waals surface area contributed by atoms with Gasteiger partial charge in [-0.3, -0.25) is 4.72 Å². The molecule has 0 saturated heterocycles. The zero-order valence-corrected chi connectivity index (χ0v) is 16.9. The molecule has 0 saturated carbocycles. The van der Waals surface area contributed by atoms with Crippen molar-refractivity contribution < 1.29 is 17.9 Å². The summed E-state index contributed by atoms with van der Waals surface area (Å²) in [6.07, 6.45) is 0. The first-order valence-electron chi connectivity index (χ1n) is 8.55. The van der Waals surface area contributed by atoms with Crippen LogP contribution in [0.3, 0.4) is 0 Å². The van der Waals surface area contributed by atoms with E-state index in [1.807, 2.05) is 13.8 Å². The molecule has 2 aromatic carbocycles. The average molecular weight is 399 g/mol. The number of aromatic nitrogens is 2. The van der Waals surface area contributed by atoms with Gasteiger partial charge in [-0.1, -0.05) is 6.07 Å². The number of rotatable bonds is 6. The third kappa shape index (κ3) is 4.23. The number of aryl methyl sites for hydroxylation is 1. The standard InChI is InChI=1S/C20H21N3O4S/c1-13-8-11-20(22-21-13)27-17-7-5-6-16(12-17)23-28(24,25)19-10-9-18(26-4)14(2)15(19)3/h5-12,23H,1-4H3. The summed E-state index contributed by atoms with van der Waals surface area (Å²) in [5.74, 6) is 1.42. The molecule has 0 atom stereocenters. The number of nitrogens with zero attached hydrogens (tertiary/aromatic N) is 2. The lowest BCUT2D eigenvalue weighted by atomic mass is 10.1. The second-order valence-electron chi connectivity index (χ2n) is 6.26. The van der Waals surface area contributed by atoms with Crippen molar-refractivity contribution in [3.05, 3.63) is 65.4 Å². The number of benzene rings is 2. The van der Waals surface area contributed by atoms with Crippen LogP contribution in [0, 0.1) is 20.8 Å². The van der Waals surface area contributed by atoms with E-state index in [1.54, 1.807) is 56.5 Å². The topological polar surface area (TPSA) is 90.4 Å². The van der Waals surface area contributed by atoms with Crippen molar-refractivity contribution in [1.29, 1.82) is 0 Å². The molecular formula is C20H21N3O4S. The summed E-state index contributed by atoms with van der Waals surface area (Å²) in [5, 5.41) is 7.87. The SMILES string of the molecule is COc1ccc(S(=O)(=O)Nc2cccc(Oc3ccc(C)nn3)c2)c(C)c1C. The zero-order chi connectivity index (χ0) is 20.3. The zero-order valence-electron chi connectivity index (χ0n) is 16.1. The largest absolute Gasteiger partial charge is 0.496 e. The number of ether oxygens (including phenoxy) is 2. The molecule has 0 aliphatic heterocycles. The highest BCUT2D eigenvalue weighted by molar-refractivity contribution is 7.92. The summed E-state index contributed by atoms with van der Waals surface area (Å²) < 4.78 is 39.2. The average Bonchev–Trinajstić information content (AvgIpc) is 2.65. The van der Waals surface area contributed by atoms with Crippen LogP contribution < -0.4 is 14.2 Å². The van der Waals surface area contributed by atoms with Gasteiger partial charge in [0.2, 0.25) is 5.88 Å². The van der Waals surface area contributed by atoms with Crippen LogP contribution in [0.25, 0.3) is 0 Å². The fraction of sp³-hybridized carbons (Fsp3) is 0.200. The van der Waals surface area contributed by atoms with Gasteiger partial charge < -0.3 is 9.47 Å². The molecule has 0 unspecified atom stereocenters. The summed E-state index contributed by atoms with van der Waals surface area (Å²) in [4.78, 5) is 0.196. The maximum Gasteiger partial charge on any atom is 0.262 e. The van der Waals surface area contributed by atoms with E-state index >= 15 is 0 Å². The van der Waals surface area contributed by atoms with Crippen LogP contribution in [0.5, 0.6) is 17.4 Å². The van der Waals surface area contributed by atoms with Crippen molar-refractivity contribution in [1.82, 2.24) is 10.2 Å². The quantitative estimate of drug-likeness (QED) is 0.674. The molecule has 1 heterocycles. The third-order valence-corrected chi connectivity index (χ3v) is 5.81. The maximum absolute atomic E-state index is 12.9. The minimum atomic E-state index is -3.78. The molecule has 1 aromatic heterocycles. The number of methoxy groups -OCH3 is 1. The van der Waals surface area contributed by atoms with Crippen LogP contribution in [-0.2, 0) is 10.0 Å². The van der Waals surface area contributed by atoms with Crippen LogP contribution in [0.2, 0.25) is 0 Å². The number of sulfonamides is 1. The Morgan fingerprint density at radius 2 is 1.71 bits per heavy atom. The number of hydrogen-bond acceptors (Lipinski definition) is 6. The lowest BCUT2D eigenvalue weighted by Crippen LogP contribution is -2.15. The van der Waals surface area contributed by atoms with E-state index < -0.39 is 10.0 Å². The molecule has 8 heteroatoms. The highest BCUT2D eigenvalue weighted by Crippen LogP contribution is 2.29. The first-order valence-corrected chi connectivity index (χ1v) is 10.0. The minimum Gasteiger partial charge on any atom is -0.496 e. The second kappa shape index (κ2) is 7.85. The third-order valence-electron chi connectivity index (χ3n) is 4.28. The van der Waals surface area contributed by atoms with Crippen LogP contribution in [0.4, 0.5) is 5.69 Å². The summed E-state index contributed by atoms with van der Waals surface area (Å²) in [6, 6.07) is 13.3. The predicted molar refractivity (Wildman–Crippen MR) is 107 cm³/mol. The van der Waals surface area contributed by atoms with Crippen molar-refractivity contribution in [3.63, 3.8) is 0 Å². The lowest BCUT2D eigenvalue weighted by molar-refractivity contribution is 0.411. The molecule has 28 heavy (non-hydrogen) atoms. The Bertz CT molecular complexity index is 1100. The van der Waals surface area contributed by atoms with Gasteiger partial charge >= 0.3 is 0 Å². The van der Waals surface area contributed by atoms with Crippen molar-refractivity contribution in [2.75, 3.05) is 11.8 Å². The fourth-order valence-electron chi connectivity index (χ4n) is 2.68. The Morgan fingerprint density at radius 1 is 0.929 bits per heavy atom. The van der Waals surface area contributed by atoms with Gasteiger partial charge in [-0.15, -0.1) is 5.10 Å². The van der Waals surface area contributed by atoms with Gasteiger partial charge in [0.1, 0.15) is 11.5 Å². The molecule has 146 valence electrons. The first-order chi connectivity index (χ1) is 13.3. The van der Waals surface area contributed by atoms with Crippen LogP contribution >= 0.6 is 0 Å². The molecule has 3 aromatic rings. The first kappa shape index (κ1) is 19.6. The Labute approximate surface area is 164 Å². The van der Waals surface area contributed by atoms with Crippen LogP contribution in [0.1, 0.15) is 16.8 Å². The van der Waals surface area contributed by atoms with E-state index in [2.05, 4.69) is 14.9 Å². The summed E-state index contributed by atoms with van der Waals surface area (Å²) in [5.41, 5.74) is 2.57. The second-order valence-corrected chi connectivity index (χ2v) is 7.92. The van der Waals surface area contributed by atoms with Gasteiger partial charge in [0.15, 0.2) is 0 Å². The minimum absolute atomic E-state index is 0.196. The van der Waals surface area contributed by atoms with E-state index in [0.717, 1.165) is 11.3 Å². The molecule has 0 fully saturated rings. The Morgan fingerprint density at radius 3 is 2.39 bits per heavy atom. The number of hydrogen-bond donors (Lipinski definition) is 1. The Balaban J connectivity index is 1.85. The monoisotopic (exact) mass is 399 g/mol. The van der Waals surface area contributed by atoms with E-state index in [1.165, 1.54) is 6.07 Å². The predicted octanol–water partition coefficient (Wildman–Crippen LogP) is 4.00. The highest BCUT2D eigenvalue weighted by atomic mass is 32.2. The van der Waals surface area contributed by atoms with Crippen molar-refractivity contribution in [2.45, 2.75) is 25.7 Å². The van der Waals surface area contributed by atoms with Crippen molar-refractivity contribution in [3.8, 4) is 17.4 Å².